The highest BCUT2D eigenvalue weighted by molar-refractivity contribution is 5.91. The van der Waals surface area contributed by atoms with E-state index in [1.54, 1.807) is 24.1 Å². The van der Waals surface area contributed by atoms with Crippen LogP contribution in [0.25, 0.3) is 0 Å². The van der Waals surface area contributed by atoms with Crippen molar-refractivity contribution in [1.82, 2.24) is 14.7 Å². The average Bonchev–Trinajstić information content (AvgIpc) is 2.90. The van der Waals surface area contributed by atoms with E-state index in [1.165, 1.54) is 0 Å². The lowest BCUT2D eigenvalue weighted by Gasteiger charge is -2.22. The van der Waals surface area contributed by atoms with E-state index >= 15 is 0 Å². The molecule has 1 aliphatic rings. The Bertz CT molecular complexity index is 405. The predicted octanol–water partition coefficient (Wildman–Crippen LogP) is 0.469. The van der Waals surface area contributed by atoms with E-state index in [4.69, 9.17) is 4.74 Å². The van der Waals surface area contributed by atoms with Gasteiger partial charge < -0.3 is 10.1 Å². The highest BCUT2D eigenvalue weighted by Gasteiger charge is 2.26. The Morgan fingerprint density at radius 1 is 1.67 bits per heavy atom. The molecule has 1 fully saturated rings. The summed E-state index contributed by atoms with van der Waals surface area (Å²) in [5.41, 5.74) is 0. The SMILES string of the molecule is COC[C@@H]1CCCN1CC(=O)Nc1ccn(C)n1. The van der Waals surface area contributed by atoms with E-state index in [0.29, 0.717) is 25.0 Å². The molecular weight excluding hydrogens is 232 g/mol. The summed E-state index contributed by atoms with van der Waals surface area (Å²) < 4.78 is 6.84. The topological polar surface area (TPSA) is 59.4 Å². The van der Waals surface area contributed by atoms with Crippen molar-refractivity contribution in [3.8, 4) is 0 Å². The van der Waals surface area contributed by atoms with E-state index in [0.717, 1.165) is 19.4 Å². The van der Waals surface area contributed by atoms with Crippen LogP contribution in [0.5, 0.6) is 0 Å². The van der Waals surface area contributed by atoms with Crippen LogP contribution in [0.3, 0.4) is 0 Å². The monoisotopic (exact) mass is 252 g/mol. The molecule has 6 nitrogen and oxygen atoms in total. The maximum absolute atomic E-state index is 11.9. The highest BCUT2D eigenvalue weighted by Crippen LogP contribution is 2.17. The third-order valence-corrected chi connectivity index (χ3v) is 3.19. The molecule has 2 heterocycles. The molecule has 0 bridgehead atoms. The van der Waals surface area contributed by atoms with Crippen LogP contribution in [-0.2, 0) is 16.6 Å². The van der Waals surface area contributed by atoms with Crippen molar-refractivity contribution < 1.29 is 9.53 Å². The molecule has 1 atom stereocenters. The third-order valence-electron chi connectivity index (χ3n) is 3.19. The molecule has 0 unspecified atom stereocenters. The second-order valence-electron chi connectivity index (χ2n) is 4.64. The number of likely N-dealkylation sites (tertiary alicyclic amines) is 1. The molecule has 1 saturated heterocycles. The molecule has 100 valence electrons. The molecule has 0 aliphatic carbocycles. The zero-order valence-corrected chi connectivity index (χ0v) is 10.9. The summed E-state index contributed by atoms with van der Waals surface area (Å²) in [5, 5.41) is 6.92. The fraction of sp³-hybridized carbons (Fsp3) is 0.667. The number of nitrogens with zero attached hydrogens (tertiary/aromatic N) is 3. The van der Waals surface area contributed by atoms with Gasteiger partial charge in [-0.2, -0.15) is 5.10 Å². The standard InChI is InChI=1S/C12H20N4O2/c1-15-7-5-11(14-15)13-12(17)8-16-6-3-4-10(16)9-18-2/h5,7,10H,3-4,6,8-9H2,1-2H3,(H,13,14,17)/t10-/m0/s1. The fourth-order valence-corrected chi connectivity index (χ4v) is 2.33. The molecule has 1 aliphatic heterocycles. The van der Waals surface area contributed by atoms with Gasteiger partial charge in [0.2, 0.25) is 5.91 Å². The molecule has 0 radical (unpaired) electrons. The molecule has 1 N–H and O–H groups in total. The minimum Gasteiger partial charge on any atom is -0.383 e. The number of aromatic nitrogens is 2. The fourth-order valence-electron chi connectivity index (χ4n) is 2.33. The van der Waals surface area contributed by atoms with Crippen LogP contribution in [0.4, 0.5) is 5.82 Å². The Balaban J connectivity index is 1.83. The maximum Gasteiger partial charge on any atom is 0.239 e. The van der Waals surface area contributed by atoms with E-state index in [1.807, 2.05) is 7.05 Å². The van der Waals surface area contributed by atoms with Gasteiger partial charge in [0.15, 0.2) is 5.82 Å². The molecule has 1 amide bonds. The lowest BCUT2D eigenvalue weighted by Crippen LogP contribution is -2.39. The minimum atomic E-state index is -0.0169. The Morgan fingerprint density at radius 3 is 3.17 bits per heavy atom. The van der Waals surface area contributed by atoms with Gasteiger partial charge in [0.1, 0.15) is 0 Å². The number of nitrogens with one attached hydrogen (secondary N) is 1. The van der Waals surface area contributed by atoms with Crippen molar-refractivity contribution in [2.24, 2.45) is 7.05 Å². The lowest BCUT2D eigenvalue weighted by atomic mass is 10.2. The van der Waals surface area contributed by atoms with Crippen molar-refractivity contribution in [3.63, 3.8) is 0 Å². The zero-order chi connectivity index (χ0) is 13.0. The van der Waals surface area contributed by atoms with Gasteiger partial charge in [-0.1, -0.05) is 0 Å². The number of carbonyl (C=O) groups excluding carboxylic acids is 1. The van der Waals surface area contributed by atoms with Gasteiger partial charge in [0.05, 0.1) is 13.2 Å². The lowest BCUT2D eigenvalue weighted by molar-refractivity contribution is -0.117. The summed E-state index contributed by atoms with van der Waals surface area (Å²) in [5.74, 6) is 0.585. The first-order valence-electron chi connectivity index (χ1n) is 6.21. The Morgan fingerprint density at radius 2 is 2.50 bits per heavy atom. The minimum absolute atomic E-state index is 0.0169. The first kappa shape index (κ1) is 13.0. The molecule has 2 rings (SSSR count). The number of methoxy groups -OCH3 is 1. The highest BCUT2D eigenvalue weighted by atomic mass is 16.5. The van der Waals surface area contributed by atoms with Crippen molar-refractivity contribution in [2.45, 2.75) is 18.9 Å². The van der Waals surface area contributed by atoms with E-state index < -0.39 is 0 Å². The Hall–Kier alpha value is -1.40. The van der Waals surface area contributed by atoms with Crippen LogP contribution in [0, 0.1) is 0 Å². The van der Waals surface area contributed by atoms with Crippen LogP contribution < -0.4 is 5.32 Å². The van der Waals surface area contributed by atoms with Crippen LogP contribution in [0.1, 0.15) is 12.8 Å². The van der Waals surface area contributed by atoms with Gasteiger partial charge in [-0.25, -0.2) is 0 Å². The van der Waals surface area contributed by atoms with E-state index in [9.17, 15) is 4.79 Å². The van der Waals surface area contributed by atoms with Gasteiger partial charge in [0.25, 0.3) is 0 Å². The van der Waals surface area contributed by atoms with E-state index in [2.05, 4.69) is 15.3 Å². The van der Waals surface area contributed by atoms with Crippen LogP contribution >= 0.6 is 0 Å². The van der Waals surface area contributed by atoms with Crippen molar-refractivity contribution in [2.75, 3.05) is 32.1 Å². The van der Waals surface area contributed by atoms with Crippen LogP contribution in [-0.4, -0.2) is 53.4 Å². The molecule has 1 aromatic heterocycles. The summed E-state index contributed by atoms with van der Waals surface area (Å²) >= 11 is 0. The molecule has 18 heavy (non-hydrogen) atoms. The maximum atomic E-state index is 11.9. The Kier molecular flexibility index (Phi) is 4.33. The zero-order valence-electron chi connectivity index (χ0n) is 10.9. The number of ether oxygens (including phenoxy) is 1. The smallest absolute Gasteiger partial charge is 0.239 e. The first-order valence-corrected chi connectivity index (χ1v) is 6.21. The van der Waals surface area contributed by atoms with Crippen LogP contribution in [0.15, 0.2) is 12.3 Å². The summed E-state index contributed by atoms with van der Waals surface area (Å²) in [7, 11) is 3.52. The molecule has 0 aromatic carbocycles. The Labute approximate surface area is 107 Å². The first-order chi connectivity index (χ1) is 8.69. The third kappa shape index (κ3) is 3.30. The van der Waals surface area contributed by atoms with Crippen molar-refractivity contribution in [3.05, 3.63) is 12.3 Å². The number of anilines is 1. The van der Waals surface area contributed by atoms with Gasteiger partial charge >= 0.3 is 0 Å². The molecule has 6 heteroatoms. The number of aryl methyl sites for hydroxylation is 1. The number of hydrogen-bond acceptors (Lipinski definition) is 4. The largest absolute Gasteiger partial charge is 0.383 e. The van der Waals surface area contributed by atoms with E-state index in [-0.39, 0.29) is 5.91 Å². The van der Waals surface area contributed by atoms with Crippen molar-refractivity contribution >= 4 is 11.7 Å². The van der Waals surface area contributed by atoms with Gasteiger partial charge in [-0.05, 0) is 19.4 Å². The van der Waals surface area contributed by atoms with Crippen molar-refractivity contribution in [1.29, 1.82) is 0 Å². The van der Waals surface area contributed by atoms with Crippen LogP contribution in [0.2, 0.25) is 0 Å². The second kappa shape index (κ2) is 5.97. The number of carbonyl (C=O) groups is 1. The molecule has 1 aromatic rings. The number of hydrogen-bond donors (Lipinski definition) is 1. The second-order valence-corrected chi connectivity index (χ2v) is 4.64. The predicted molar refractivity (Wildman–Crippen MR) is 68.3 cm³/mol. The van der Waals surface area contributed by atoms with Gasteiger partial charge in [0, 0.05) is 32.5 Å². The van der Waals surface area contributed by atoms with Gasteiger partial charge in [-0.15, -0.1) is 0 Å². The average molecular weight is 252 g/mol. The summed E-state index contributed by atoms with van der Waals surface area (Å²) in [4.78, 5) is 14.1. The summed E-state index contributed by atoms with van der Waals surface area (Å²) in [6.07, 6.45) is 4.04. The molecule has 0 saturated carbocycles. The number of amides is 1. The molecular formula is C12H20N4O2. The normalized spacial score (nSPS) is 20.2. The number of rotatable bonds is 5. The van der Waals surface area contributed by atoms with Gasteiger partial charge in [-0.3, -0.25) is 14.4 Å². The quantitative estimate of drug-likeness (QED) is 0.827. The molecule has 0 spiro atoms. The summed E-state index contributed by atoms with van der Waals surface area (Å²) in [6, 6.07) is 2.15. The summed E-state index contributed by atoms with van der Waals surface area (Å²) in [6.45, 7) is 2.06.